The fourth-order valence-corrected chi connectivity index (χ4v) is 1.07. The van der Waals surface area contributed by atoms with Crippen LogP contribution in [0.2, 0.25) is 0 Å². The quantitative estimate of drug-likeness (QED) is 0.751. The van der Waals surface area contributed by atoms with E-state index in [4.69, 9.17) is 14.6 Å². The Kier molecular flexibility index (Phi) is 3.74. The van der Waals surface area contributed by atoms with Gasteiger partial charge >= 0.3 is 5.97 Å². The van der Waals surface area contributed by atoms with Crippen LogP contribution in [-0.4, -0.2) is 24.8 Å². The fourth-order valence-electron chi connectivity index (χ4n) is 1.07. The summed E-state index contributed by atoms with van der Waals surface area (Å²) in [7, 11) is 1.50. The molecule has 0 saturated heterocycles. The molecule has 1 aromatic carbocycles. The Morgan fingerprint density at radius 1 is 1.53 bits per heavy atom. The smallest absolute Gasteiger partial charge is 0.335 e. The predicted octanol–water partition coefficient (Wildman–Crippen LogP) is 1.96. The molecule has 0 heterocycles. The van der Waals surface area contributed by atoms with Crippen LogP contribution in [-0.2, 0) is 0 Å². The molecule has 0 unspecified atom stereocenters. The molecular weight excluding hydrogens is 196 g/mol. The minimum Gasteiger partial charge on any atom is -0.493 e. The minimum atomic E-state index is -0.999. The number of carboxylic acids is 1. The lowest BCUT2D eigenvalue weighted by molar-refractivity contribution is 0.0696. The molecule has 0 amide bonds. The van der Waals surface area contributed by atoms with Crippen LogP contribution in [0.3, 0.4) is 0 Å². The standard InChI is InChI=1S/C11H12O4/c1-3-6-15-10-7-8(11(12)13)4-5-9(10)14-2/h3-5,7H,1,6H2,2H3,(H,12,13). The molecule has 0 aliphatic carbocycles. The summed E-state index contributed by atoms with van der Waals surface area (Å²) >= 11 is 0. The van der Waals surface area contributed by atoms with Gasteiger partial charge in [0, 0.05) is 0 Å². The molecule has 0 aliphatic heterocycles. The average Bonchev–Trinajstić information content (AvgIpc) is 2.25. The van der Waals surface area contributed by atoms with E-state index in [1.54, 1.807) is 12.1 Å². The lowest BCUT2D eigenvalue weighted by Crippen LogP contribution is -2.00. The lowest BCUT2D eigenvalue weighted by atomic mass is 10.2. The Bertz CT molecular complexity index is 371. The van der Waals surface area contributed by atoms with E-state index in [0.717, 1.165) is 0 Å². The first-order valence-electron chi connectivity index (χ1n) is 4.34. The molecule has 0 saturated carbocycles. The summed E-state index contributed by atoms with van der Waals surface area (Å²) in [6.45, 7) is 3.81. The highest BCUT2D eigenvalue weighted by molar-refractivity contribution is 5.88. The molecule has 0 radical (unpaired) electrons. The highest BCUT2D eigenvalue weighted by Crippen LogP contribution is 2.27. The monoisotopic (exact) mass is 208 g/mol. The van der Waals surface area contributed by atoms with Gasteiger partial charge in [-0.05, 0) is 18.2 Å². The van der Waals surface area contributed by atoms with Gasteiger partial charge in [-0.1, -0.05) is 12.7 Å². The summed E-state index contributed by atoms with van der Waals surface area (Å²) in [5, 5.41) is 8.78. The first-order valence-corrected chi connectivity index (χ1v) is 4.34. The predicted molar refractivity (Wildman–Crippen MR) is 55.6 cm³/mol. The van der Waals surface area contributed by atoms with Gasteiger partial charge in [-0.15, -0.1) is 0 Å². The molecular formula is C11H12O4. The SMILES string of the molecule is C=CCOc1cc(C(=O)O)ccc1OC. The third kappa shape index (κ3) is 2.74. The number of ether oxygens (including phenoxy) is 2. The lowest BCUT2D eigenvalue weighted by Gasteiger charge is -2.09. The highest BCUT2D eigenvalue weighted by Gasteiger charge is 2.09. The normalized spacial score (nSPS) is 9.40. The van der Waals surface area contributed by atoms with Gasteiger partial charge in [-0.2, -0.15) is 0 Å². The topological polar surface area (TPSA) is 55.8 Å². The molecule has 4 heteroatoms. The summed E-state index contributed by atoms with van der Waals surface area (Å²) in [5.41, 5.74) is 0.162. The molecule has 15 heavy (non-hydrogen) atoms. The molecule has 0 fully saturated rings. The number of hydrogen-bond acceptors (Lipinski definition) is 3. The first kappa shape index (κ1) is 11.1. The van der Waals surface area contributed by atoms with Gasteiger partial charge in [0.25, 0.3) is 0 Å². The fraction of sp³-hybridized carbons (Fsp3) is 0.182. The van der Waals surface area contributed by atoms with E-state index in [2.05, 4.69) is 6.58 Å². The van der Waals surface area contributed by atoms with Gasteiger partial charge in [0.1, 0.15) is 6.61 Å². The second-order valence-electron chi connectivity index (χ2n) is 2.77. The summed E-state index contributed by atoms with van der Waals surface area (Å²) in [5.74, 6) is -0.0970. The van der Waals surface area contributed by atoms with Crippen molar-refractivity contribution < 1.29 is 19.4 Å². The summed E-state index contributed by atoms with van der Waals surface area (Å²) in [6.07, 6.45) is 1.58. The molecule has 4 nitrogen and oxygen atoms in total. The van der Waals surface area contributed by atoms with E-state index in [1.165, 1.54) is 19.2 Å². The van der Waals surface area contributed by atoms with Gasteiger partial charge in [-0.3, -0.25) is 0 Å². The van der Waals surface area contributed by atoms with Crippen molar-refractivity contribution >= 4 is 5.97 Å². The largest absolute Gasteiger partial charge is 0.493 e. The van der Waals surface area contributed by atoms with Crippen molar-refractivity contribution in [2.45, 2.75) is 0 Å². The second kappa shape index (κ2) is 5.05. The number of carboxylic acid groups (broad SMARTS) is 1. The number of rotatable bonds is 5. The van der Waals surface area contributed by atoms with Crippen LogP contribution in [0.1, 0.15) is 10.4 Å². The maximum absolute atomic E-state index is 10.7. The molecule has 0 spiro atoms. The first-order chi connectivity index (χ1) is 7.19. The van der Waals surface area contributed by atoms with Crippen LogP contribution in [0.4, 0.5) is 0 Å². The van der Waals surface area contributed by atoms with Crippen molar-refractivity contribution in [1.82, 2.24) is 0 Å². The second-order valence-corrected chi connectivity index (χ2v) is 2.77. The average molecular weight is 208 g/mol. The maximum atomic E-state index is 10.7. The van der Waals surface area contributed by atoms with Crippen LogP contribution >= 0.6 is 0 Å². The molecule has 1 rings (SSSR count). The van der Waals surface area contributed by atoms with Gasteiger partial charge in [0.05, 0.1) is 12.7 Å². The Morgan fingerprint density at radius 3 is 2.80 bits per heavy atom. The molecule has 0 bridgehead atoms. The van der Waals surface area contributed by atoms with Crippen molar-refractivity contribution in [3.8, 4) is 11.5 Å². The van der Waals surface area contributed by atoms with E-state index in [9.17, 15) is 4.79 Å². The van der Waals surface area contributed by atoms with Crippen molar-refractivity contribution in [2.24, 2.45) is 0 Å². The zero-order valence-electron chi connectivity index (χ0n) is 8.40. The van der Waals surface area contributed by atoms with Crippen LogP contribution in [0.5, 0.6) is 11.5 Å². The van der Waals surface area contributed by atoms with Gasteiger partial charge in [0.15, 0.2) is 11.5 Å². The van der Waals surface area contributed by atoms with Crippen molar-refractivity contribution in [3.05, 3.63) is 36.4 Å². The summed E-state index contributed by atoms with van der Waals surface area (Å²) in [6, 6.07) is 4.44. The highest BCUT2D eigenvalue weighted by atomic mass is 16.5. The Labute approximate surface area is 87.7 Å². The summed E-state index contributed by atoms with van der Waals surface area (Å²) < 4.78 is 10.3. The van der Waals surface area contributed by atoms with Crippen molar-refractivity contribution in [1.29, 1.82) is 0 Å². The van der Waals surface area contributed by atoms with Gasteiger partial charge < -0.3 is 14.6 Å². The van der Waals surface area contributed by atoms with E-state index in [1.807, 2.05) is 0 Å². The number of carbonyl (C=O) groups is 1. The molecule has 80 valence electrons. The molecule has 0 aliphatic rings. The van der Waals surface area contributed by atoms with Crippen LogP contribution < -0.4 is 9.47 Å². The van der Waals surface area contributed by atoms with Crippen LogP contribution in [0.15, 0.2) is 30.9 Å². The zero-order valence-corrected chi connectivity index (χ0v) is 8.40. The van der Waals surface area contributed by atoms with E-state index in [0.29, 0.717) is 18.1 Å². The third-order valence-electron chi connectivity index (χ3n) is 1.77. The Morgan fingerprint density at radius 2 is 2.27 bits per heavy atom. The maximum Gasteiger partial charge on any atom is 0.335 e. The van der Waals surface area contributed by atoms with Crippen LogP contribution in [0, 0.1) is 0 Å². The van der Waals surface area contributed by atoms with E-state index >= 15 is 0 Å². The zero-order chi connectivity index (χ0) is 11.3. The van der Waals surface area contributed by atoms with E-state index < -0.39 is 5.97 Å². The summed E-state index contributed by atoms with van der Waals surface area (Å²) in [4.78, 5) is 10.7. The number of hydrogen-bond donors (Lipinski definition) is 1. The minimum absolute atomic E-state index is 0.162. The van der Waals surface area contributed by atoms with Gasteiger partial charge in [0.2, 0.25) is 0 Å². The molecule has 1 N–H and O–H groups in total. The molecule has 1 aromatic rings. The number of benzene rings is 1. The van der Waals surface area contributed by atoms with E-state index in [-0.39, 0.29) is 5.56 Å². The van der Waals surface area contributed by atoms with Crippen LogP contribution in [0.25, 0.3) is 0 Å². The molecule has 0 aromatic heterocycles. The number of aromatic carboxylic acids is 1. The Hall–Kier alpha value is -1.97. The van der Waals surface area contributed by atoms with Crippen molar-refractivity contribution in [3.63, 3.8) is 0 Å². The van der Waals surface area contributed by atoms with Gasteiger partial charge in [-0.25, -0.2) is 4.79 Å². The molecule has 0 atom stereocenters. The number of methoxy groups -OCH3 is 1. The third-order valence-corrected chi connectivity index (χ3v) is 1.77. The van der Waals surface area contributed by atoms with Crippen molar-refractivity contribution in [2.75, 3.05) is 13.7 Å². The Balaban J connectivity index is 3.01.